The number of hydrogen-bond donors (Lipinski definition) is 3. The molecule has 23 heavy (non-hydrogen) atoms. The van der Waals surface area contributed by atoms with E-state index < -0.39 is 5.60 Å². The largest absolute Gasteiger partial charge is 0.497 e. The van der Waals surface area contributed by atoms with Gasteiger partial charge < -0.3 is 20.5 Å². The standard InChI is InChI=1S/C18H29N3O2/c1-3-19-17(21-14-18(22)10-5-4-6-11-18)20-13-15-8-7-9-16(12-15)23-2/h7-9,12,22H,3-6,10-11,13-14H2,1-2H3,(H2,19,20,21). The first kappa shape index (κ1) is 17.6. The Hall–Kier alpha value is -1.75. The minimum Gasteiger partial charge on any atom is -0.497 e. The molecular formula is C18H29N3O2. The number of rotatable bonds is 6. The Morgan fingerprint density at radius 3 is 2.74 bits per heavy atom. The minimum absolute atomic E-state index is 0.553. The second-order valence-electron chi connectivity index (χ2n) is 6.19. The average Bonchev–Trinajstić information content (AvgIpc) is 2.58. The summed E-state index contributed by atoms with van der Waals surface area (Å²) in [4.78, 5) is 4.60. The van der Waals surface area contributed by atoms with Gasteiger partial charge in [-0.3, -0.25) is 0 Å². The molecule has 0 atom stereocenters. The van der Waals surface area contributed by atoms with Gasteiger partial charge in [-0.25, -0.2) is 4.99 Å². The third-order valence-corrected chi connectivity index (χ3v) is 4.27. The lowest BCUT2D eigenvalue weighted by Crippen LogP contribution is -2.48. The van der Waals surface area contributed by atoms with E-state index in [4.69, 9.17) is 4.74 Å². The van der Waals surface area contributed by atoms with Crippen LogP contribution in [0.3, 0.4) is 0 Å². The maximum absolute atomic E-state index is 10.6. The molecular weight excluding hydrogens is 290 g/mol. The van der Waals surface area contributed by atoms with Crippen molar-refractivity contribution >= 4 is 5.96 Å². The molecule has 5 nitrogen and oxygen atoms in total. The Morgan fingerprint density at radius 1 is 1.26 bits per heavy atom. The van der Waals surface area contributed by atoms with Crippen LogP contribution in [-0.4, -0.2) is 36.9 Å². The number of methoxy groups -OCH3 is 1. The van der Waals surface area contributed by atoms with Crippen molar-refractivity contribution in [3.05, 3.63) is 29.8 Å². The van der Waals surface area contributed by atoms with Gasteiger partial charge in [-0.05, 0) is 37.5 Å². The fourth-order valence-electron chi connectivity index (χ4n) is 2.92. The van der Waals surface area contributed by atoms with Crippen LogP contribution in [0.15, 0.2) is 29.3 Å². The quantitative estimate of drug-likeness (QED) is 0.556. The van der Waals surface area contributed by atoms with Crippen molar-refractivity contribution in [3.63, 3.8) is 0 Å². The van der Waals surface area contributed by atoms with Crippen molar-refractivity contribution in [1.29, 1.82) is 0 Å². The summed E-state index contributed by atoms with van der Waals surface area (Å²) >= 11 is 0. The second kappa shape index (κ2) is 8.77. The molecule has 5 heteroatoms. The molecule has 0 saturated heterocycles. The van der Waals surface area contributed by atoms with E-state index in [9.17, 15) is 5.11 Å². The van der Waals surface area contributed by atoms with Crippen molar-refractivity contribution in [2.24, 2.45) is 4.99 Å². The molecule has 0 unspecified atom stereocenters. The maximum Gasteiger partial charge on any atom is 0.191 e. The van der Waals surface area contributed by atoms with Gasteiger partial charge in [-0.1, -0.05) is 31.4 Å². The molecule has 1 fully saturated rings. The molecule has 0 heterocycles. The third kappa shape index (κ3) is 5.75. The van der Waals surface area contributed by atoms with E-state index in [0.717, 1.165) is 49.5 Å². The summed E-state index contributed by atoms with van der Waals surface area (Å²) in [5, 5.41) is 17.1. The van der Waals surface area contributed by atoms with E-state index in [0.29, 0.717) is 13.1 Å². The Balaban J connectivity index is 1.93. The molecule has 1 aliphatic carbocycles. The van der Waals surface area contributed by atoms with Crippen LogP contribution in [0.4, 0.5) is 0 Å². The molecule has 1 aromatic rings. The first-order valence-electron chi connectivity index (χ1n) is 8.53. The number of benzene rings is 1. The third-order valence-electron chi connectivity index (χ3n) is 4.27. The SMILES string of the molecule is CCNC(=NCc1cccc(OC)c1)NCC1(O)CCCCC1. The van der Waals surface area contributed by atoms with Crippen LogP contribution in [0.25, 0.3) is 0 Å². The first-order chi connectivity index (χ1) is 11.1. The predicted molar refractivity (Wildman–Crippen MR) is 93.8 cm³/mol. The van der Waals surface area contributed by atoms with Gasteiger partial charge in [0.1, 0.15) is 5.75 Å². The van der Waals surface area contributed by atoms with E-state index in [1.54, 1.807) is 7.11 Å². The van der Waals surface area contributed by atoms with E-state index in [2.05, 4.69) is 15.6 Å². The monoisotopic (exact) mass is 319 g/mol. The van der Waals surface area contributed by atoms with Crippen LogP contribution in [0.5, 0.6) is 5.75 Å². The summed E-state index contributed by atoms with van der Waals surface area (Å²) in [6.45, 7) is 3.96. The lowest BCUT2D eigenvalue weighted by Gasteiger charge is -2.32. The summed E-state index contributed by atoms with van der Waals surface area (Å²) in [6.07, 6.45) is 5.18. The fraction of sp³-hybridized carbons (Fsp3) is 0.611. The van der Waals surface area contributed by atoms with Crippen molar-refractivity contribution in [3.8, 4) is 5.75 Å². The zero-order valence-electron chi connectivity index (χ0n) is 14.3. The summed E-state index contributed by atoms with van der Waals surface area (Å²) in [5.74, 6) is 1.58. The normalized spacial score (nSPS) is 17.6. The molecule has 0 spiro atoms. The number of hydrogen-bond acceptors (Lipinski definition) is 3. The lowest BCUT2D eigenvalue weighted by atomic mass is 9.85. The Bertz CT molecular complexity index is 511. The Labute approximate surface area is 139 Å². The highest BCUT2D eigenvalue weighted by atomic mass is 16.5. The highest BCUT2D eigenvalue weighted by molar-refractivity contribution is 5.79. The van der Waals surface area contributed by atoms with Gasteiger partial charge in [0.25, 0.3) is 0 Å². The van der Waals surface area contributed by atoms with Gasteiger partial charge in [0, 0.05) is 13.1 Å². The number of aliphatic imine (C=N–C) groups is 1. The topological polar surface area (TPSA) is 65.9 Å². The zero-order chi connectivity index (χ0) is 16.5. The highest BCUT2D eigenvalue weighted by Crippen LogP contribution is 2.27. The van der Waals surface area contributed by atoms with Crippen molar-refractivity contribution in [1.82, 2.24) is 10.6 Å². The molecule has 0 aromatic heterocycles. The summed E-state index contributed by atoms with van der Waals surface area (Å²) in [6, 6.07) is 7.91. The van der Waals surface area contributed by atoms with E-state index >= 15 is 0 Å². The molecule has 3 N–H and O–H groups in total. The maximum atomic E-state index is 10.6. The number of nitrogens with one attached hydrogen (secondary N) is 2. The van der Waals surface area contributed by atoms with E-state index in [1.807, 2.05) is 31.2 Å². The van der Waals surface area contributed by atoms with Crippen molar-refractivity contribution < 1.29 is 9.84 Å². The van der Waals surface area contributed by atoms with Crippen LogP contribution in [0, 0.1) is 0 Å². The van der Waals surface area contributed by atoms with Crippen LogP contribution in [-0.2, 0) is 6.54 Å². The van der Waals surface area contributed by atoms with Gasteiger partial charge in [0.15, 0.2) is 5.96 Å². The molecule has 0 aliphatic heterocycles. The molecule has 1 aliphatic rings. The fourth-order valence-corrected chi connectivity index (χ4v) is 2.92. The molecule has 1 aromatic carbocycles. The van der Waals surface area contributed by atoms with Gasteiger partial charge in [0.05, 0.1) is 19.3 Å². The average molecular weight is 319 g/mol. The number of ether oxygens (including phenoxy) is 1. The summed E-state index contributed by atoms with van der Waals surface area (Å²) < 4.78 is 5.24. The summed E-state index contributed by atoms with van der Waals surface area (Å²) in [7, 11) is 1.67. The molecule has 2 rings (SSSR count). The van der Waals surface area contributed by atoms with Gasteiger partial charge in [-0.2, -0.15) is 0 Å². The second-order valence-corrected chi connectivity index (χ2v) is 6.19. The number of aliphatic hydroxyl groups is 1. The molecule has 0 amide bonds. The van der Waals surface area contributed by atoms with Crippen LogP contribution < -0.4 is 15.4 Å². The van der Waals surface area contributed by atoms with Crippen LogP contribution >= 0.6 is 0 Å². The predicted octanol–water partition coefficient (Wildman–Crippen LogP) is 2.45. The summed E-state index contributed by atoms with van der Waals surface area (Å²) in [5.41, 5.74) is 0.502. The Kier molecular flexibility index (Phi) is 6.71. The zero-order valence-corrected chi connectivity index (χ0v) is 14.3. The van der Waals surface area contributed by atoms with Crippen LogP contribution in [0.2, 0.25) is 0 Å². The Morgan fingerprint density at radius 2 is 2.04 bits per heavy atom. The lowest BCUT2D eigenvalue weighted by molar-refractivity contribution is 0.00859. The minimum atomic E-state index is -0.593. The van der Waals surface area contributed by atoms with Crippen molar-refractivity contribution in [2.75, 3.05) is 20.2 Å². The van der Waals surface area contributed by atoms with Gasteiger partial charge in [-0.15, -0.1) is 0 Å². The molecule has 0 radical (unpaired) electrons. The smallest absolute Gasteiger partial charge is 0.191 e. The first-order valence-corrected chi connectivity index (χ1v) is 8.53. The molecule has 1 saturated carbocycles. The van der Waals surface area contributed by atoms with Crippen LogP contribution in [0.1, 0.15) is 44.6 Å². The van der Waals surface area contributed by atoms with Gasteiger partial charge >= 0.3 is 0 Å². The molecule has 128 valence electrons. The number of guanidine groups is 1. The number of nitrogens with zero attached hydrogens (tertiary/aromatic N) is 1. The van der Waals surface area contributed by atoms with Gasteiger partial charge in [0.2, 0.25) is 0 Å². The molecule has 0 bridgehead atoms. The van der Waals surface area contributed by atoms with E-state index in [-0.39, 0.29) is 0 Å². The highest BCUT2D eigenvalue weighted by Gasteiger charge is 2.29. The van der Waals surface area contributed by atoms with E-state index in [1.165, 1.54) is 6.42 Å². The van der Waals surface area contributed by atoms with Crippen molar-refractivity contribution in [2.45, 2.75) is 51.2 Å².